The lowest BCUT2D eigenvalue weighted by atomic mass is 10.7. The van der Waals surface area contributed by atoms with Crippen LogP contribution in [0.15, 0.2) is 11.6 Å². The van der Waals surface area contributed by atoms with Crippen LogP contribution >= 0.6 is 34.2 Å². The van der Waals surface area contributed by atoms with Crippen molar-refractivity contribution in [3.8, 4) is 0 Å². The minimum Gasteiger partial charge on any atom is -0.254 e. The van der Waals surface area contributed by atoms with Gasteiger partial charge in [0.1, 0.15) is 5.01 Å². The fourth-order valence-electron chi connectivity index (χ4n) is 0.397. The van der Waals surface area contributed by atoms with E-state index in [4.69, 9.17) is 0 Å². The molecular formula is C4H5IN2S. The third-order valence-corrected chi connectivity index (χ3v) is 1.86. The average molecular weight is 240 g/mol. The van der Waals surface area contributed by atoms with E-state index in [0.717, 1.165) is 11.6 Å². The first kappa shape index (κ1) is 6.44. The first-order valence-corrected chi connectivity index (χ1v) is 4.11. The Balaban J connectivity index is 2.50. The molecule has 1 aromatic heterocycles. The van der Waals surface area contributed by atoms with Crippen LogP contribution in [0.4, 0.5) is 0 Å². The summed E-state index contributed by atoms with van der Waals surface area (Å²) in [6.45, 7) is 0.873. The van der Waals surface area contributed by atoms with Crippen LogP contribution in [0.2, 0.25) is 0 Å². The predicted molar refractivity (Wildman–Crippen MR) is 43.0 cm³/mol. The van der Waals surface area contributed by atoms with Gasteiger partial charge in [0.2, 0.25) is 0 Å². The summed E-state index contributed by atoms with van der Waals surface area (Å²) in [4.78, 5) is 4.06. The minimum atomic E-state index is 0.873. The second-order valence-electron chi connectivity index (χ2n) is 1.24. The molecule has 0 saturated carbocycles. The SMILES string of the molecule is INCc1nccs1. The molecule has 0 saturated heterocycles. The Labute approximate surface area is 65.8 Å². The molecule has 8 heavy (non-hydrogen) atoms. The molecule has 0 aliphatic carbocycles. The molecule has 1 heterocycles. The molecule has 0 aliphatic heterocycles. The maximum absolute atomic E-state index is 4.06. The molecule has 0 fully saturated rings. The van der Waals surface area contributed by atoms with E-state index in [-0.39, 0.29) is 0 Å². The standard InChI is InChI=1S/C4H5IN2S/c5-7-3-4-6-1-2-8-4/h1-2,7H,3H2. The van der Waals surface area contributed by atoms with E-state index in [0.29, 0.717) is 0 Å². The van der Waals surface area contributed by atoms with E-state index in [1.165, 1.54) is 0 Å². The van der Waals surface area contributed by atoms with E-state index >= 15 is 0 Å². The smallest absolute Gasteiger partial charge is 0.107 e. The van der Waals surface area contributed by atoms with E-state index < -0.39 is 0 Å². The Morgan fingerprint density at radius 3 is 3.25 bits per heavy atom. The molecule has 44 valence electrons. The lowest BCUT2D eigenvalue weighted by Gasteiger charge is -1.86. The van der Waals surface area contributed by atoms with Gasteiger partial charge in [-0.2, -0.15) is 0 Å². The van der Waals surface area contributed by atoms with Crippen molar-refractivity contribution in [2.45, 2.75) is 6.54 Å². The number of hydrogen-bond donors (Lipinski definition) is 1. The van der Waals surface area contributed by atoms with Crippen molar-refractivity contribution < 1.29 is 0 Å². The van der Waals surface area contributed by atoms with Gasteiger partial charge in [0.25, 0.3) is 0 Å². The molecule has 0 amide bonds. The van der Waals surface area contributed by atoms with Gasteiger partial charge in [0, 0.05) is 34.4 Å². The van der Waals surface area contributed by atoms with Crippen molar-refractivity contribution >= 4 is 34.2 Å². The van der Waals surface area contributed by atoms with Crippen molar-refractivity contribution in [3.63, 3.8) is 0 Å². The van der Waals surface area contributed by atoms with E-state index in [2.05, 4.69) is 31.4 Å². The Bertz CT molecular complexity index is 140. The van der Waals surface area contributed by atoms with Crippen molar-refractivity contribution in [2.24, 2.45) is 0 Å². The van der Waals surface area contributed by atoms with Gasteiger partial charge in [-0.25, -0.2) is 4.98 Å². The van der Waals surface area contributed by atoms with Crippen molar-refractivity contribution in [2.75, 3.05) is 0 Å². The van der Waals surface area contributed by atoms with E-state index in [1.54, 1.807) is 11.3 Å². The van der Waals surface area contributed by atoms with Gasteiger partial charge in [0.05, 0.1) is 6.54 Å². The maximum Gasteiger partial charge on any atom is 0.107 e. The van der Waals surface area contributed by atoms with Gasteiger partial charge < -0.3 is 0 Å². The monoisotopic (exact) mass is 240 g/mol. The van der Waals surface area contributed by atoms with Gasteiger partial charge >= 0.3 is 0 Å². The number of rotatable bonds is 2. The summed E-state index contributed by atoms with van der Waals surface area (Å²) in [6.07, 6.45) is 1.81. The molecule has 0 atom stereocenters. The molecule has 0 aromatic carbocycles. The average Bonchev–Trinajstić information content (AvgIpc) is 2.19. The number of nitrogens with zero attached hydrogens (tertiary/aromatic N) is 1. The van der Waals surface area contributed by atoms with E-state index in [1.807, 2.05) is 11.6 Å². The third-order valence-electron chi connectivity index (χ3n) is 0.702. The molecular weight excluding hydrogens is 235 g/mol. The largest absolute Gasteiger partial charge is 0.254 e. The van der Waals surface area contributed by atoms with Crippen molar-refractivity contribution in [3.05, 3.63) is 16.6 Å². The molecule has 2 nitrogen and oxygen atoms in total. The van der Waals surface area contributed by atoms with Crippen molar-refractivity contribution in [1.82, 2.24) is 8.51 Å². The zero-order valence-electron chi connectivity index (χ0n) is 4.10. The molecule has 1 rings (SSSR count). The Morgan fingerprint density at radius 2 is 2.75 bits per heavy atom. The van der Waals surface area contributed by atoms with Gasteiger partial charge in [-0.1, -0.05) is 0 Å². The van der Waals surface area contributed by atoms with Crippen LogP contribution in [0.1, 0.15) is 5.01 Å². The Hall–Kier alpha value is 0.320. The lowest BCUT2D eigenvalue weighted by Crippen LogP contribution is -1.95. The number of nitrogens with one attached hydrogen (secondary N) is 1. The van der Waals surface area contributed by atoms with Crippen LogP contribution < -0.4 is 3.53 Å². The van der Waals surface area contributed by atoms with Crippen LogP contribution in [-0.2, 0) is 6.54 Å². The summed E-state index contributed by atoms with van der Waals surface area (Å²) in [6, 6.07) is 0. The minimum absolute atomic E-state index is 0.873. The highest BCUT2D eigenvalue weighted by molar-refractivity contribution is 14.1. The molecule has 0 unspecified atom stereocenters. The van der Waals surface area contributed by atoms with E-state index in [9.17, 15) is 0 Å². The highest BCUT2D eigenvalue weighted by Gasteiger charge is 1.88. The van der Waals surface area contributed by atoms with Crippen LogP contribution in [0.3, 0.4) is 0 Å². The fourth-order valence-corrected chi connectivity index (χ4v) is 1.57. The Morgan fingerprint density at radius 1 is 1.88 bits per heavy atom. The predicted octanol–water partition coefficient (Wildman–Crippen LogP) is 1.58. The summed E-state index contributed by atoms with van der Waals surface area (Å²) in [5.41, 5.74) is 0. The topological polar surface area (TPSA) is 24.9 Å². The molecule has 0 aliphatic rings. The van der Waals surface area contributed by atoms with Crippen molar-refractivity contribution in [1.29, 1.82) is 0 Å². The fraction of sp³-hybridized carbons (Fsp3) is 0.250. The summed E-state index contributed by atoms with van der Waals surface area (Å²) >= 11 is 3.77. The second kappa shape index (κ2) is 3.37. The summed E-state index contributed by atoms with van der Waals surface area (Å²) in [5.74, 6) is 0. The third kappa shape index (κ3) is 1.68. The zero-order chi connectivity index (χ0) is 5.82. The van der Waals surface area contributed by atoms with Crippen LogP contribution in [0, 0.1) is 0 Å². The van der Waals surface area contributed by atoms with Gasteiger partial charge in [0.15, 0.2) is 0 Å². The number of halogens is 1. The second-order valence-corrected chi connectivity index (χ2v) is 2.98. The normalized spacial score (nSPS) is 9.62. The van der Waals surface area contributed by atoms with Gasteiger partial charge in [-0.15, -0.1) is 11.3 Å². The summed E-state index contributed by atoms with van der Waals surface area (Å²) in [5, 5.41) is 3.11. The molecule has 0 radical (unpaired) electrons. The first-order valence-electron chi connectivity index (χ1n) is 2.15. The molecule has 0 spiro atoms. The van der Waals surface area contributed by atoms with Crippen LogP contribution in [0.5, 0.6) is 0 Å². The molecule has 1 N–H and O–H groups in total. The first-order chi connectivity index (χ1) is 3.93. The quantitative estimate of drug-likeness (QED) is 0.627. The molecule has 1 aromatic rings. The van der Waals surface area contributed by atoms with Crippen LogP contribution in [-0.4, -0.2) is 4.98 Å². The van der Waals surface area contributed by atoms with Crippen LogP contribution in [0.25, 0.3) is 0 Å². The lowest BCUT2D eigenvalue weighted by molar-refractivity contribution is 0.990. The number of thiazole rings is 1. The highest BCUT2D eigenvalue weighted by Crippen LogP contribution is 2.02. The zero-order valence-corrected chi connectivity index (χ0v) is 7.07. The number of hydrogen-bond acceptors (Lipinski definition) is 3. The summed E-state index contributed by atoms with van der Waals surface area (Å²) < 4.78 is 2.99. The number of aromatic nitrogens is 1. The Kier molecular flexibility index (Phi) is 2.71. The maximum atomic E-state index is 4.06. The van der Waals surface area contributed by atoms with Gasteiger partial charge in [-0.05, 0) is 0 Å². The van der Waals surface area contributed by atoms with Gasteiger partial charge in [-0.3, -0.25) is 3.53 Å². The molecule has 0 bridgehead atoms. The summed E-state index contributed by atoms with van der Waals surface area (Å²) in [7, 11) is 0. The molecule has 4 heteroatoms. The highest BCUT2D eigenvalue weighted by atomic mass is 127.